The molecule has 4 nitrogen and oxygen atoms in total. The summed E-state index contributed by atoms with van der Waals surface area (Å²) in [7, 11) is 0. The first kappa shape index (κ1) is 10.5. The molecule has 4 heteroatoms. The zero-order valence-corrected chi connectivity index (χ0v) is 8.36. The molecule has 0 aliphatic heterocycles. The zero-order valence-electron chi connectivity index (χ0n) is 8.36. The van der Waals surface area contributed by atoms with Crippen LogP contribution in [0.2, 0.25) is 0 Å². The molecule has 0 aromatic carbocycles. The maximum absolute atomic E-state index is 10.4. The molecule has 0 saturated heterocycles. The number of hydrogen-bond donors (Lipinski definition) is 1. The van der Waals surface area contributed by atoms with Gasteiger partial charge in [-0.25, -0.2) is 0 Å². The highest BCUT2D eigenvalue weighted by molar-refractivity contribution is 5.27. The van der Waals surface area contributed by atoms with Gasteiger partial charge in [-0.3, -0.25) is 5.73 Å². The highest BCUT2D eigenvalue weighted by Gasteiger charge is 2.22. The van der Waals surface area contributed by atoms with Gasteiger partial charge < -0.3 is 10.1 Å². The fourth-order valence-corrected chi connectivity index (χ4v) is 1.34. The molecule has 1 rings (SSSR count). The van der Waals surface area contributed by atoms with Crippen molar-refractivity contribution in [2.24, 2.45) is 11.1 Å². The highest BCUT2D eigenvalue weighted by atomic mass is 16.6. The number of nitrogens with zero attached hydrogens (tertiary/aromatic N) is 1. The Bertz CT molecular complexity index is 342. The van der Waals surface area contributed by atoms with Crippen LogP contribution in [0.25, 0.3) is 0 Å². The lowest BCUT2D eigenvalue weighted by atomic mass is 9.82. The molecule has 0 fully saturated rings. The average Bonchev–Trinajstić information content (AvgIpc) is 2.10. The van der Waals surface area contributed by atoms with Crippen LogP contribution in [0.15, 0.2) is 35.7 Å². The fourth-order valence-electron chi connectivity index (χ4n) is 1.34. The van der Waals surface area contributed by atoms with Gasteiger partial charge in [-0.05, 0) is 18.3 Å². The van der Waals surface area contributed by atoms with E-state index >= 15 is 0 Å². The number of hydrogen-bond acceptors (Lipinski definition) is 3. The third-order valence-electron chi connectivity index (χ3n) is 2.28. The predicted octanol–water partition coefficient (Wildman–Crippen LogP) is 1.98. The van der Waals surface area contributed by atoms with Crippen molar-refractivity contribution in [3.05, 3.63) is 45.8 Å². The topological polar surface area (TPSA) is 69.2 Å². The quantitative estimate of drug-likeness (QED) is 0.539. The second-order valence-electron chi connectivity index (χ2n) is 3.82. The molecule has 0 saturated carbocycles. The van der Waals surface area contributed by atoms with Crippen LogP contribution in [-0.2, 0) is 0 Å². The van der Waals surface area contributed by atoms with Crippen molar-refractivity contribution in [1.29, 1.82) is 0 Å². The second-order valence-corrected chi connectivity index (χ2v) is 3.82. The minimum Gasteiger partial charge on any atom is -0.358 e. The third-order valence-corrected chi connectivity index (χ3v) is 2.28. The Kier molecular flexibility index (Phi) is 2.74. The molecule has 0 aromatic rings. The lowest BCUT2D eigenvalue weighted by Crippen LogP contribution is -2.17. The van der Waals surface area contributed by atoms with Gasteiger partial charge in [0.15, 0.2) is 0 Å². The lowest BCUT2D eigenvalue weighted by molar-refractivity contribution is -0.427. The first-order valence-corrected chi connectivity index (χ1v) is 4.42. The first-order chi connectivity index (χ1) is 6.43. The summed E-state index contributed by atoms with van der Waals surface area (Å²) in [6.45, 7) is 3.92. The van der Waals surface area contributed by atoms with Crippen molar-refractivity contribution in [3.63, 3.8) is 0 Å². The van der Waals surface area contributed by atoms with Gasteiger partial charge in [0, 0.05) is 11.5 Å². The van der Waals surface area contributed by atoms with E-state index in [2.05, 4.69) is 0 Å². The molecular weight excluding hydrogens is 180 g/mol. The van der Waals surface area contributed by atoms with E-state index < -0.39 is 4.92 Å². The Hall–Kier alpha value is -1.58. The average molecular weight is 194 g/mol. The normalized spacial score (nSPS) is 27.3. The van der Waals surface area contributed by atoms with Crippen molar-refractivity contribution in [3.8, 4) is 0 Å². The maximum Gasteiger partial charge on any atom is 0.310 e. The number of rotatable bonds is 2. The minimum absolute atomic E-state index is 0.287. The molecule has 0 aromatic heterocycles. The summed E-state index contributed by atoms with van der Waals surface area (Å²) in [4.78, 5) is 9.79. The molecule has 76 valence electrons. The molecule has 0 heterocycles. The Balaban J connectivity index is 2.85. The highest BCUT2D eigenvalue weighted by Crippen LogP contribution is 2.31. The van der Waals surface area contributed by atoms with E-state index in [0.717, 1.165) is 6.42 Å². The predicted molar refractivity (Wildman–Crippen MR) is 54.9 cm³/mol. The van der Waals surface area contributed by atoms with Crippen molar-refractivity contribution >= 4 is 0 Å². The monoisotopic (exact) mass is 194 g/mol. The SMILES string of the molecule is CC1=CCC(C)(/C=C(\N)[N+](=O)[O-])C=C1. The molecule has 1 unspecified atom stereocenters. The Labute approximate surface area is 82.9 Å². The Morgan fingerprint density at radius 2 is 2.43 bits per heavy atom. The van der Waals surface area contributed by atoms with Gasteiger partial charge in [0.05, 0.1) is 0 Å². The van der Waals surface area contributed by atoms with Crippen LogP contribution in [-0.4, -0.2) is 4.92 Å². The Morgan fingerprint density at radius 3 is 2.86 bits per heavy atom. The van der Waals surface area contributed by atoms with Gasteiger partial charge in [0.2, 0.25) is 0 Å². The van der Waals surface area contributed by atoms with Crippen molar-refractivity contribution in [2.45, 2.75) is 20.3 Å². The van der Waals surface area contributed by atoms with Gasteiger partial charge in [-0.1, -0.05) is 30.7 Å². The smallest absolute Gasteiger partial charge is 0.310 e. The van der Waals surface area contributed by atoms with E-state index in [1.54, 1.807) is 0 Å². The van der Waals surface area contributed by atoms with Crippen LogP contribution in [0.1, 0.15) is 20.3 Å². The van der Waals surface area contributed by atoms with Crippen molar-refractivity contribution in [2.75, 3.05) is 0 Å². The molecule has 1 aliphatic carbocycles. The molecule has 14 heavy (non-hydrogen) atoms. The van der Waals surface area contributed by atoms with E-state index in [9.17, 15) is 10.1 Å². The van der Waals surface area contributed by atoms with E-state index in [0.29, 0.717) is 0 Å². The van der Waals surface area contributed by atoms with Gasteiger partial charge in [0.25, 0.3) is 0 Å². The number of nitro groups is 1. The molecule has 1 aliphatic rings. The molecule has 2 N–H and O–H groups in total. The number of nitrogens with two attached hydrogens (primary N) is 1. The van der Waals surface area contributed by atoms with Crippen molar-refractivity contribution < 1.29 is 4.92 Å². The van der Waals surface area contributed by atoms with Gasteiger partial charge in [0.1, 0.15) is 0 Å². The van der Waals surface area contributed by atoms with Crippen LogP contribution in [0.5, 0.6) is 0 Å². The minimum atomic E-state index is -0.565. The van der Waals surface area contributed by atoms with E-state index in [-0.39, 0.29) is 11.2 Å². The van der Waals surface area contributed by atoms with Gasteiger partial charge >= 0.3 is 5.82 Å². The van der Waals surface area contributed by atoms with Crippen molar-refractivity contribution in [1.82, 2.24) is 0 Å². The molecular formula is C10H14N2O2. The maximum atomic E-state index is 10.4. The first-order valence-electron chi connectivity index (χ1n) is 4.42. The summed E-state index contributed by atoms with van der Waals surface area (Å²) in [6, 6.07) is 0. The van der Waals surface area contributed by atoms with E-state index in [1.807, 2.05) is 32.1 Å². The lowest BCUT2D eigenvalue weighted by Gasteiger charge is -2.22. The van der Waals surface area contributed by atoms with Crippen LogP contribution in [0, 0.1) is 15.5 Å². The molecule has 0 bridgehead atoms. The van der Waals surface area contributed by atoms with E-state index in [1.165, 1.54) is 11.6 Å². The summed E-state index contributed by atoms with van der Waals surface area (Å²) in [6.07, 6.45) is 8.19. The zero-order chi connectivity index (χ0) is 10.8. The standard InChI is InChI=1S/C10H14N2O2/c1-8-3-5-10(2,6-4-8)7-9(11)12(13)14/h3-5,7H,6,11H2,1-2H3/b9-7+. The molecule has 1 atom stereocenters. The summed E-state index contributed by atoms with van der Waals surface area (Å²) in [5.74, 6) is -0.287. The summed E-state index contributed by atoms with van der Waals surface area (Å²) in [5.41, 5.74) is 6.13. The number of allylic oxidation sites excluding steroid dienone is 5. The van der Waals surface area contributed by atoms with Crippen LogP contribution >= 0.6 is 0 Å². The summed E-state index contributed by atoms with van der Waals surface area (Å²) >= 11 is 0. The van der Waals surface area contributed by atoms with Crippen LogP contribution in [0.3, 0.4) is 0 Å². The summed E-state index contributed by atoms with van der Waals surface area (Å²) in [5, 5.41) is 10.4. The van der Waals surface area contributed by atoms with Gasteiger partial charge in [-0.2, -0.15) is 0 Å². The van der Waals surface area contributed by atoms with Crippen LogP contribution in [0.4, 0.5) is 0 Å². The molecule has 0 radical (unpaired) electrons. The molecule has 0 amide bonds. The second kappa shape index (κ2) is 3.65. The van der Waals surface area contributed by atoms with Gasteiger partial charge in [-0.15, -0.1) is 0 Å². The Morgan fingerprint density at radius 1 is 1.79 bits per heavy atom. The van der Waals surface area contributed by atoms with Crippen LogP contribution < -0.4 is 5.73 Å². The largest absolute Gasteiger partial charge is 0.358 e. The third kappa shape index (κ3) is 2.45. The molecule has 0 spiro atoms. The van der Waals surface area contributed by atoms with E-state index in [4.69, 9.17) is 5.73 Å². The summed E-state index contributed by atoms with van der Waals surface area (Å²) < 4.78 is 0. The fraction of sp³-hybridized carbons (Fsp3) is 0.400.